The van der Waals surface area contributed by atoms with Crippen molar-refractivity contribution in [2.24, 2.45) is 0 Å². The minimum Gasteiger partial charge on any atom is -0.494 e. The van der Waals surface area contributed by atoms with Crippen LogP contribution in [0.5, 0.6) is 5.75 Å². The fourth-order valence-corrected chi connectivity index (χ4v) is 2.14. The van der Waals surface area contributed by atoms with Gasteiger partial charge in [0, 0.05) is 23.3 Å². The van der Waals surface area contributed by atoms with E-state index < -0.39 is 0 Å². The first-order valence-electron chi connectivity index (χ1n) is 6.41. The van der Waals surface area contributed by atoms with Gasteiger partial charge in [-0.25, -0.2) is 0 Å². The largest absolute Gasteiger partial charge is 0.494 e. The lowest BCUT2D eigenvalue weighted by Gasteiger charge is -2.11. The summed E-state index contributed by atoms with van der Waals surface area (Å²) < 4.78 is 5.48. The van der Waals surface area contributed by atoms with E-state index in [1.165, 1.54) is 11.1 Å². The van der Waals surface area contributed by atoms with Crippen molar-refractivity contribution in [3.63, 3.8) is 0 Å². The van der Waals surface area contributed by atoms with Gasteiger partial charge in [-0.1, -0.05) is 23.7 Å². The second kappa shape index (κ2) is 6.48. The number of ether oxygens (including phenoxy) is 1. The molecule has 0 aliphatic carbocycles. The van der Waals surface area contributed by atoms with Gasteiger partial charge in [0.25, 0.3) is 0 Å². The standard InChI is InChI=1S/C16H18ClNO/c1-3-19-16-6-4-5-15(10-16)18-11-13-7-8-14(17)9-12(13)2/h4-10,18H,3,11H2,1-2H3. The van der Waals surface area contributed by atoms with Crippen LogP contribution in [0.3, 0.4) is 0 Å². The monoisotopic (exact) mass is 275 g/mol. The molecule has 0 radical (unpaired) electrons. The van der Waals surface area contributed by atoms with E-state index in [4.69, 9.17) is 16.3 Å². The van der Waals surface area contributed by atoms with Crippen molar-refractivity contribution in [3.8, 4) is 5.75 Å². The second-order valence-electron chi connectivity index (χ2n) is 4.39. The van der Waals surface area contributed by atoms with Gasteiger partial charge in [-0.05, 0) is 49.2 Å². The number of benzene rings is 2. The molecule has 0 fully saturated rings. The third-order valence-electron chi connectivity index (χ3n) is 2.93. The molecule has 3 heteroatoms. The Labute approximate surface area is 119 Å². The van der Waals surface area contributed by atoms with Crippen molar-refractivity contribution in [2.45, 2.75) is 20.4 Å². The zero-order valence-electron chi connectivity index (χ0n) is 11.2. The van der Waals surface area contributed by atoms with Crippen molar-refractivity contribution in [1.82, 2.24) is 0 Å². The lowest BCUT2D eigenvalue weighted by atomic mass is 10.1. The molecule has 0 amide bonds. The Balaban J connectivity index is 2.03. The molecule has 0 aromatic heterocycles. The minimum absolute atomic E-state index is 0.680. The Morgan fingerprint density at radius 1 is 1.16 bits per heavy atom. The van der Waals surface area contributed by atoms with Gasteiger partial charge in [0.05, 0.1) is 6.61 Å². The van der Waals surface area contributed by atoms with Gasteiger partial charge in [0.15, 0.2) is 0 Å². The first-order valence-corrected chi connectivity index (χ1v) is 6.78. The van der Waals surface area contributed by atoms with Crippen LogP contribution < -0.4 is 10.1 Å². The molecule has 0 unspecified atom stereocenters. The number of halogens is 1. The quantitative estimate of drug-likeness (QED) is 0.857. The first kappa shape index (κ1) is 13.8. The van der Waals surface area contributed by atoms with Crippen LogP contribution in [0, 0.1) is 6.92 Å². The van der Waals surface area contributed by atoms with Crippen LogP contribution in [0.25, 0.3) is 0 Å². The fourth-order valence-electron chi connectivity index (χ4n) is 1.92. The summed E-state index contributed by atoms with van der Waals surface area (Å²) in [7, 11) is 0. The summed E-state index contributed by atoms with van der Waals surface area (Å²) in [5, 5.41) is 4.17. The maximum atomic E-state index is 5.95. The van der Waals surface area contributed by atoms with E-state index in [0.29, 0.717) is 6.61 Å². The third kappa shape index (κ3) is 3.90. The second-order valence-corrected chi connectivity index (χ2v) is 4.82. The van der Waals surface area contributed by atoms with E-state index in [-0.39, 0.29) is 0 Å². The van der Waals surface area contributed by atoms with Crippen molar-refractivity contribution in [1.29, 1.82) is 0 Å². The highest BCUT2D eigenvalue weighted by atomic mass is 35.5. The lowest BCUT2D eigenvalue weighted by molar-refractivity contribution is 0.340. The molecule has 2 aromatic carbocycles. The molecule has 2 aromatic rings. The van der Waals surface area contributed by atoms with E-state index in [1.54, 1.807) is 0 Å². The maximum absolute atomic E-state index is 5.95. The summed E-state index contributed by atoms with van der Waals surface area (Å²) in [6.45, 7) is 5.51. The minimum atomic E-state index is 0.680. The first-order chi connectivity index (χ1) is 9.19. The third-order valence-corrected chi connectivity index (χ3v) is 3.17. The molecule has 19 heavy (non-hydrogen) atoms. The highest BCUT2D eigenvalue weighted by Crippen LogP contribution is 2.20. The molecule has 2 rings (SSSR count). The molecule has 0 aliphatic rings. The van der Waals surface area contributed by atoms with Gasteiger partial charge in [-0.3, -0.25) is 0 Å². The SMILES string of the molecule is CCOc1cccc(NCc2ccc(Cl)cc2C)c1. The van der Waals surface area contributed by atoms with Gasteiger partial charge < -0.3 is 10.1 Å². The molecule has 0 heterocycles. The zero-order valence-corrected chi connectivity index (χ0v) is 12.0. The summed E-state index contributed by atoms with van der Waals surface area (Å²) in [6, 6.07) is 13.9. The summed E-state index contributed by atoms with van der Waals surface area (Å²) in [5.74, 6) is 0.889. The summed E-state index contributed by atoms with van der Waals surface area (Å²) in [5.41, 5.74) is 3.49. The Hall–Kier alpha value is -1.67. The van der Waals surface area contributed by atoms with Gasteiger partial charge in [0.1, 0.15) is 5.75 Å². The van der Waals surface area contributed by atoms with E-state index in [1.807, 2.05) is 43.3 Å². The molecule has 1 N–H and O–H groups in total. The van der Waals surface area contributed by atoms with Crippen molar-refractivity contribution >= 4 is 17.3 Å². The Morgan fingerprint density at radius 2 is 2.00 bits per heavy atom. The van der Waals surface area contributed by atoms with E-state index in [0.717, 1.165) is 23.0 Å². The number of hydrogen-bond acceptors (Lipinski definition) is 2. The van der Waals surface area contributed by atoms with Crippen LogP contribution in [-0.2, 0) is 6.54 Å². The number of aryl methyl sites for hydroxylation is 1. The molecular formula is C16H18ClNO. The molecule has 0 atom stereocenters. The average Bonchev–Trinajstić information content (AvgIpc) is 2.38. The van der Waals surface area contributed by atoms with Gasteiger partial charge in [-0.15, -0.1) is 0 Å². The van der Waals surface area contributed by atoms with Crippen LogP contribution in [0.15, 0.2) is 42.5 Å². The maximum Gasteiger partial charge on any atom is 0.121 e. The molecule has 0 saturated heterocycles. The predicted octanol–water partition coefficient (Wildman–Crippen LogP) is 4.66. The van der Waals surface area contributed by atoms with Gasteiger partial charge in [-0.2, -0.15) is 0 Å². The Kier molecular flexibility index (Phi) is 4.69. The fraction of sp³-hybridized carbons (Fsp3) is 0.250. The summed E-state index contributed by atoms with van der Waals surface area (Å²) in [4.78, 5) is 0. The van der Waals surface area contributed by atoms with Crippen LogP contribution in [0.4, 0.5) is 5.69 Å². The van der Waals surface area contributed by atoms with Gasteiger partial charge >= 0.3 is 0 Å². The van der Waals surface area contributed by atoms with Gasteiger partial charge in [0.2, 0.25) is 0 Å². The van der Waals surface area contributed by atoms with E-state index in [2.05, 4.69) is 18.3 Å². The smallest absolute Gasteiger partial charge is 0.121 e. The molecular weight excluding hydrogens is 258 g/mol. The topological polar surface area (TPSA) is 21.3 Å². The van der Waals surface area contributed by atoms with Crippen LogP contribution in [0.2, 0.25) is 5.02 Å². The number of anilines is 1. The predicted molar refractivity (Wildman–Crippen MR) is 81.1 cm³/mol. The molecule has 0 spiro atoms. The van der Waals surface area contributed by atoms with Crippen LogP contribution in [0.1, 0.15) is 18.1 Å². The van der Waals surface area contributed by atoms with Crippen molar-refractivity contribution in [3.05, 3.63) is 58.6 Å². The highest BCUT2D eigenvalue weighted by molar-refractivity contribution is 6.30. The average molecular weight is 276 g/mol. The lowest BCUT2D eigenvalue weighted by Crippen LogP contribution is -2.01. The van der Waals surface area contributed by atoms with E-state index in [9.17, 15) is 0 Å². The zero-order chi connectivity index (χ0) is 13.7. The van der Waals surface area contributed by atoms with Crippen LogP contribution in [-0.4, -0.2) is 6.61 Å². The summed E-state index contributed by atoms with van der Waals surface area (Å²) >= 11 is 5.95. The normalized spacial score (nSPS) is 10.3. The van der Waals surface area contributed by atoms with Crippen molar-refractivity contribution in [2.75, 3.05) is 11.9 Å². The molecule has 0 aliphatic heterocycles. The highest BCUT2D eigenvalue weighted by Gasteiger charge is 2.00. The molecule has 0 bridgehead atoms. The number of rotatable bonds is 5. The number of hydrogen-bond donors (Lipinski definition) is 1. The Morgan fingerprint density at radius 3 is 2.74 bits per heavy atom. The number of nitrogens with one attached hydrogen (secondary N) is 1. The van der Waals surface area contributed by atoms with E-state index >= 15 is 0 Å². The van der Waals surface area contributed by atoms with Crippen molar-refractivity contribution < 1.29 is 4.74 Å². The Bertz CT molecular complexity index is 554. The molecule has 100 valence electrons. The molecule has 2 nitrogen and oxygen atoms in total. The van der Waals surface area contributed by atoms with Crippen LogP contribution >= 0.6 is 11.6 Å². The summed E-state index contributed by atoms with van der Waals surface area (Å²) in [6.07, 6.45) is 0. The molecule has 0 saturated carbocycles.